The third-order valence-corrected chi connectivity index (χ3v) is 2.79. The number of anilines is 3. The Labute approximate surface area is 109 Å². The number of aromatic nitrogens is 2. The molecule has 18 heavy (non-hydrogen) atoms. The fraction of sp³-hybridized carbons (Fsp3) is 0.667. The van der Waals surface area contributed by atoms with E-state index in [0.29, 0.717) is 11.9 Å². The summed E-state index contributed by atoms with van der Waals surface area (Å²) in [6.07, 6.45) is 5.81. The summed E-state index contributed by atoms with van der Waals surface area (Å²) < 4.78 is 0. The van der Waals surface area contributed by atoms with Gasteiger partial charge in [0.25, 0.3) is 0 Å². The molecule has 1 heterocycles. The van der Waals surface area contributed by atoms with Crippen molar-refractivity contribution in [3.8, 4) is 0 Å². The molecule has 1 unspecified atom stereocenters. The van der Waals surface area contributed by atoms with E-state index in [9.17, 15) is 0 Å². The summed E-state index contributed by atoms with van der Waals surface area (Å²) in [6, 6.07) is 2.19. The minimum absolute atomic E-state index is 0.221. The van der Waals surface area contributed by atoms with Gasteiger partial charge >= 0.3 is 0 Å². The Kier molecular flexibility index (Phi) is 6.21. The van der Waals surface area contributed by atoms with Gasteiger partial charge in [-0.25, -0.2) is 5.84 Å². The van der Waals surface area contributed by atoms with Crippen LogP contribution in [0.15, 0.2) is 6.07 Å². The van der Waals surface area contributed by atoms with Crippen LogP contribution in [0.25, 0.3) is 0 Å². The third kappa shape index (κ3) is 4.75. The Bertz CT molecular complexity index is 354. The maximum Gasteiger partial charge on any atom is 0.223 e. The van der Waals surface area contributed by atoms with Crippen LogP contribution in [0.5, 0.6) is 0 Å². The van der Waals surface area contributed by atoms with Gasteiger partial charge in [0.15, 0.2) is 0 Å². The molecular weight excluding hydrogens is 228 g/mol. The van der Waals surface area contributed by atoms with E-state index < -0.39 is 0 Å². The molecule has 6 nitrogen and oxygen atoms in total. The van der Waals surface area contributed by atoms with E-state index in [4.69, 9.17) is 11.6 Å². The highest BCUT2D eigenvalue weighted by molar-refractivity contribution is 5.50. The highest BCUT2D eigenvalue weighted by atomic mass is 15.3. The van der Waals surface area contributed by atoms with Crippen molar-refractivity contribution < 1.29 is 0 Å². The molecule has 1 aromatic heterocycles. The van der Waals surface area contributed by atoms with Crippen LogP contribution < -0.4 is 22.3 Å². The zero-order valence-corrected chi connectivity index (χ0v) is 11.2. The lowest BCUT2D eigenvalue weighted by Crippen LogP contribution is -2.21. The first kappa shape index (κ1) is 14.5. The number of nitrogens with one attached hydrogen (secondary N) is 2. The quantitative estimate of drug-likeness (QED) is 0.417. The first-order chi connectivity index (χ1) is 8.69. The van der Waals surface area contributed by atoms with E-state index in [1.165, 1.54) is 12.8 Å². The number of nitrogens with zero attached hydrogens (tertiary/aromatic N) is 2. The molecule has 1 atom stereocenters. The first-order valence-electron chi connectivity index (χ1n) is 6.57. The zero-order chi connectivity index (χ0) is 13.4. The lowest BCUT2D eigenvalue weighted by Gasteiger charge is -2.18. The minimum atomic E-state index is 0.221. The van der Waals surface area contributed by atoms with E-state index >= 15 is 0 Å². The van der Waals surface area contributed by atoms with Crippen LogP contribution in [0.1, 0.15) is 46.0 Å². The molecule has 6 N–H and O–H groups in total. The van der Waals surface area contributed by atoms with Gasteiger partial charge in [-0.15, -0.1) is 0 Å². The molecule has 0 spiro atoms. The lowest BCUT2D eigenvalue weighted by atomic mass is 10.1. The van der Waals surface area contributed by atoms with Crippen LogP contribution >= 0.6 is 0 Å². The molecule has 0 aliphatic heterocycles. The molecular formula is C12H24N6. The van der Waals surface area contributed by atoms with Gasteiger partial charge in [-0.3, -0.25) is 0 Å². The average molecular weight is 252 g/mol. The summed E-state index contributed by atoms with van der Waals surface area (Å²) in [7, 11) is 0. The molecule has 0 fully saturated rings. The lowest BCUT2D eigenvalue weighted by molar-refractivity contribution is 0.563. The van der Waals surface area contributed by atoms with E-state index in [0.717, 1.165) is 25.1 Å². The number of nitrogens with two attached hydrogens (primary N) is 2. The summed E-state index contributed by atoms with van der Waals surface area (Å²) in [5.41, 5.74) is 8.11. The molecule has 0 amide bonds. The largest absolute Gasteiger partial charge is 0.368 e. The van der Waals surface area contributed by atoms with E-state index in [1.807, 2.05) is 0 Å². The Balaban J connectivity index is 2.69. The average Bonchev–Trinajstić information content (AvgIpc) is 2.35. The molecule has 0 aromatic carbocycles. The summed E-state index contributed by atoms with van der Waals surface area (Å²) in [6.45, 7) is 4.38. The monoisotopic (exact) mass is 252 g/mol. The fourth-order valence-corrected chi connectivity index (χ4v) is 1.91. The van der Waals surface area contributed by atoms with Crippen molar-refractivity contribution in [2.45, 2.75) is 52.0 Å². The maximum absolute atomic E-state index is 5.63. The standard InChI is InChI=1S/C12H24N6/c1-3-5-7-9(6-4-2)15-10-8-11(18-14)17-12(13)16-10/h8-9H,3-7,14H2,1-2H3,(H4,13,15,16,17,18). The predicted molar refractivity (Wildman–Crippen MR) is 76.1 cm³/mol. The van der Waals surface area contributed by atoms with Crippen LogP contribution in [-0.4, -0.2) is 16.0 Å². The highest BCUT2D eigenvalue weighted by Gasteiger charge is 2.09. The van der Waals surface area contributed by atoms with Crippen molar-refractivity contribution >= 4 is 17.6 Å². The maximum atomic E-state index is 5.63. The molecule has 0 aliphatic rings. The summed E-state index contributed by atoms with van der Waals surface area (Å²) in [4.78, 5) is 8.13. The number of hydrogen-bond donors (Lipinski definition) is 4. The number of rotatable bonds is 8. The van der Waals surface area contributed by atoms with Gasteiger partial charge in [-0.05, 0) is 12.8 Å². The van der Waals surface area contributed by atoms with Gasteiger partial charge in [0.1, 0.15) is 11.6 Å². The van der Waals surface area contributed by atoms with Crippen molar-refractivity contribution in [3.63, 3.8) is 0 Å². The van der Waals surface area contributed by atoms with Gasteiger partial charge in [-0.2, -0.15) is 9.97 Å². The Morgan fingerprint density at radius 1 is 1.17 bits per heavy atom. The molecule has 0 saturated carbocycles. The van der Waals surface area contributed by atoms with E-state index in [2.05, 4.69) is 34.6 Å². The Morgan fingerprint density at radius 3 is 2.50 bits per heavy atom. The molecule has 102 valence electrons. The molecule has 1 rings (SSSR count). The van der Waals surface area contributed by atoms with Crippen LogP contribution in [0, 0.1) is 0 Å². The Morgan fingerprint density at radius 2 is 1.89 bits per heavy atom. The van der Waals surface area contributed by atoms with Crippen molar-refractivity contribution in [2.75, 3.05) is 16.5 Å². The summed E-state index contributed by atoms with van der Waals surface area (Å²) >= 11 is 0. The van der Waals surface area contributed by atoms with Gasteiger partial charge in [0, 0.05) is 12.1 Å². The van der Waals surface area contributed by atoms with Crippen LogP contribution in [0.3, 0.4) is 0 Å². The van der Waals surface area contributed by atoms with Crippen molar-refractivity contribution in [1.29, 1.82) is 0 Å². The normalized spacial score (nSPS) is 12.2. The first-order valence-corrected chi connectivity index (χ1v) is 6.57. The topological polar surface area (TPSA) is 102 Å². The van der Waals surface area contributed by atoms with Crippen molar-refractivity contribution in [3.05, 3.63) is 6.07 Å². The molecule has 0 saturated heterocycles. The number of hydrazine groups is 1. The summed E-state index contributed by atoms with van der Waals surface area (Å²) in [5.74, 6) is 6.81. The zero-order valence-electron chi connectivity index (χ0n) is 11.2. The minimum Gasteiger partial charge on any atom is -0.368 e. The third-order valence-electron chi connectivity index (χ3n) is 2.79. The molecule has 0 radical (unpaired) electrons. The number of hydrogen-bond acceptors (Lipinski definition) is 6. The van der Waals surface area contributed by atoms with Crippen LogP contribution in [-0.2, 0) is 0 Å². The number of unbranched alkanes of at least 4 members (excludes halogenated alkanes) is 1. The van der Waals surface area contributed by atoms with E-state index in [1.54, 1.807) is 6.07 Å². The van der Waals surface area contributed by atoms with Gasteiger partial charge in [-0.1, -0.05) is 33.1 Å². The van der Waals surface area contributed by atoms with Crippen molar-refractivity contribution in [2.24, 2.45) is 5.84 Å². The highest BCUT2D eigenvalue weighted by Crippen LogP contribution is 2.16. The fourth-order valence-electron chi connectivity index (χ4n) is 1.91. The smallest absolute Gasteiger partial charge is 0.223 e. The Hall–Kier alpha value is -1.56. The number of nitrogen functional groups attached to an aromatic ring is 2. The van der Waals surface area contributed by atoms with Gasteiger partial charge in [0.05, 0.1) is 0 Å². The van der Waals surface area contributed by atoms with Crippen LogP contribution in [0.2, 0.25) is 0 Å². The SMILES string of the molecule is CCCCC(CCC)Nc1cc(NN)nc(N)n1. The molecule has 0 bridgehead atoms. The molecule has 1 aromatic rings. The van der Waals surface area contributed by atoms with Crippen molar-refractivity contribution in [1.82, 2.24) is 9.97 Å². The summed E-state index contributed by atoms with van der Waals surface area (Å²) in [5, 5.41) is 3.40. The molecule has 0 aliphatic carbocycles. The molecule has 6 heteroatoms. The second-order valence-corrected chi connectivity index (χ2v) is 4.41. The predicted octanol–water partition coefficient (Wildman–Crippen LogP) is 2.12. The van der Waals surface area contributed by atoms with E-state index in [-0.39, 0.29) is 5.95 Å². The second-order valence-electron chi connectivity index (χ2n) is 4.41. The van der Waals surface area contributed by atoms with Gasteiger partial charge in [0.2, 0.25) is 5.95 Å². The van der Waals surface area contributed by atoms with Crippen LogP contribution in [0.4, 0.5) is 17.6 Å². The second kappa shape index (κ2) is 7.71. The van der Waals surface area contributed by atoms with Gasteiger partial charge < -0.3 is 16.5 Å².